The maximum atomic E-state index is 12.4. The first kappa shape index (κ1) is 20.5. The summed E-state index contributed by atoms with van der Waals surface area (Å²) in [5, 5.41) is 11.3. The van der Waals surface area contributed by atoms with Crippen LogP contribution in [0.3, 0.4) is 0 Å². The van der Waals surface area contributed by atoms with Gasteiger partial charge < -0.3 is 0 Å². The van der Waals surface area contributed by atoms with E-state index in [9.17, 15) is 35.4 Å². The molecule has 1 aromatic rings. The van der Waals surface area contributed by atoms with Crippen LogP contribution >= 0.6 is 0 Å². The molecule has 0 bridgehead atoms. The Balaban J connectivity index is 2.82. The molecule has 146 valence electrons. The van der Waals surface area contributed by atoms with E-state index in [1.54, 1.807) is 0 Å². The van der Waals surface area contributed by atoms with Crippen LogP contribution in [-0.4, -0.2) is 48.7 Å². The van der Waals surface area contributed by atoms with Crippen molar-refractivity contribution in [2.75, 3.05) is 16.2 Å². The minimum Gasteiger partial charge on any atom is -0.258 e. The van der Waals surface area contributed by atoms with Gasteiger partial charge in [0, 0.05) is 12.1 Å². The molecule has 0 aromatic heterocycles. The van der Waals surface area contributed by atoms with Crippen LogP contribution in [0.15, 0.2) is 17.0 Å². The average Bonchev–Trinajstić information content (AvgIpc) is 3.20. The first-order valence-electron chi connectivity index (χ1n) is 7.16. The Hall–Kier alpha value is -1.77. The van der Waals surface area contributed by atoms with Gasteiger partial charge >= 0.3 is 0 Å². The van der Waals surface area contributed by atoms with Crippen LogP contribution in [0.5, 0.6) is 0 Å². The lowest BCUT2D eigenvalue weighted by Crippen LogP contribution is -2.36. The van der Waals surface area contributed by atoms with Gasteiger partial charge in [-0.15, -0.1) is 0 Å². The molecule has 2 rings (SSSR count). The molecule has 0 spiro atoms. The number of hydrogen-bond acceptors (Lipinski definition) is 8. The number of hydrogen-bond donors (Lipinski definition) is 1. The quantitative estimate of drug-likeness (QED) is 0.472. The van der Waals surface area contributed by atoms with Crippen LogP contribution in [0, 0.1) is 17.0 Å². The molecule has 14 heteroatoms. The Bertz CT molecular complexity index is 1040. The van der Waals surface area contributed by atoms with Crippen LogP contribution < -0.4 is 8.43 Å². The van der Waals surface area contributed by atoms with E-state index >= 15 is 0 Å². The van der Waals surface area contributed by atoms with Gasteiger partial charge in [0.2, 0.25) is 30.1 Å². The molecule has 11 nitrogen and oxygen atoms in total. The van der Waals surface area contributed by atoms with Gasteiger partial charge in [-0.05, 0) is 25.8 Å². The van der Waals surface area contributed by atoms with Crippen molar-refractivity contribution in [3.63, 3.8) is 0 Å². The summed E-state index contributed by atoms with van der Waals surface area (Å²) in [6.07, 6.45) is 2.42. The lowest BCUT2D eigenvalue weighted by Gasteiger charge is -2.22. The van der Waals surface area contributed by atoms with Gasteiger partial charge in [0.05, 0.1) is 33.6 Å². The molecule has 0 atom stereocenters. The number of nitro groups is 1. The standard InChI is InChI=1S/C12H17N3O8S3/c1-8-11(14(16)17)6-10(26(22,23)13-9-4-5-9)7-12(8)15(24(2,18)19)25(3,20)21/h6-7,9,13H,4-5H2,1-3H3. The molecule has 0 radical (unpaired) electrons. The highest BCUT2D eigenvalue weighted by Gasteiger charge is 2.35. The molecule has 0 unspecified atom stereocenters. The lowest BCUT2D eigenvalue weighted by molar-refractivity contribution is -0.385. The monoisotopic (exact) mass is 427 g/mol. The van der Waals surface area contributed by atoms with E-state index in [4.69, 9.17) is 0 Å². The van der Waals surface area contributed by atoms with Gasteiger partial charge in [-0.2, -0.15) is 3.71 Å². The Morgan fingerprint density at radius 1 is 1.08 bits per heavy atom. The van der Waals surface area contributed by atoms with Crippen LogP contribution in [0.1, 0.15) is 18.4 Å². The van der Waals surface area contributed by atoms with E-state index in [0.717, 1.165) is 19.1 Å². The fourth-order valence-corrected chi connectivity index (χ4v) is 6.69. The number of nitrogens with zero attached hydrogens (tertiary/aromatic N) is 2. The molecule has 1 N–H and O–H groups in total. The van der Waals surface area contributed by atoms with Crippen molar-refractivity contribution in [2.45, 2.75) is 30.7 Å². The van der Waals surface area contributed by atoms with Crippen LogP contribution in [0.25, 0.3) is 0 Å². The van der Waals surface area contributed by atoms with E-state index in [0.29, 0.717) is 25.4 Å². The summed E-state index contributed by atoms with van der Waals surface area (Å²) in [6, 6.07) is 1.27. The van der Waals surface area contributed by atoms with Crippen LogP contribution in [-0.2, 0) is 30.1 Å². The van der Waals surface area contributed by atoms with Crippen molar-refractivity contribution in [3.05, 3.63) is 27.8 Å². The minimum absolute atomic E-state index is 0.0154. The number of sulfonamides is 3. The fraction of sp³-hybridized carbons (Fsp3) is 0.500. The molecular weight excluding hydrogens is 410 g/mol. The van der Waals surface area contributed by atoms with Gasteiger partial charge in [-0.3, -0.25) is 10.1 Å². The molecule has 0 heterocycles. The summed E-state index contributed by atoms with van der Waals surface area (Å²) in [4.78, 5) is 9.79. The molecule has 0 saturated heterocycles. The summed E-state index contributed by atoms with van der Waals surface area (Å²) in [6.45, 7) is 1.14. The third-order valence-corrected chi connectivity index (χ3v) is 8.25. The first-order valence-corrected chi connectivity index (χ1v) is 12.3. The Morgan fingerprint density at radius 2 is 1.58 bits per heavy atom. The smallest absolute Gasteiger partial charge is 0.258 e. The Kier molecular flexibility index (Phi) is 5.09. The molecule has 0 amide bonds. The third-order valence-electron chi connectivity index (χ3n) is 3.53. The summed E-state index contributed by atoms with van der Waals surface area (Å²) < 4.78 is 75.0. The van der Waals surface area contributed by atoms with Gasteiger partial charge in [0.1, 0.15) is 0 Å². The summed E-state index contributed by atoms with van der Waals surface area (Å²) in [7, 11) is -13.0. The SMILES string of the molecule is Cc1c(N(S(C)(=O)=O)S(C)(=O)=O)cc(S(=O)(=O)NC2CC2)cc1[N+](=O)[O-]. The zero-order valence-electron chi connectivity index (χ0n) is 14.0. The summed E-state index contributed by atoms with van der Waals surface area (Å²) >= 11 is 0. The van der Waals surface area contributed by atoms with Gasteiger partial charge in [-0.25, -0.2) is 30.0 Å². The molecule has 1 aliphatic rings. The van der Waals surface area contributed by atoms with Crippen molar-refractivity contribution < 1.29 is 30.2 Å². The molecule has 1 aliphatic carbocycles. The predicted octanol–water partition coefficient (Wildman–Crippen LogP) is 0.0695. The topological polar surface area (TPSA) is 161 Å². The molecule has 1 aromatic carbocycles. The highest BCUT2D eigenvalue weighted by Crippen LogP contribution is 2.35. The first-order chi connectivity index (χ1) is 11.6. The molecule has 26 heavy (non-hydrogen) atoms. The van der Waals surface area contributed by atoms with Crippen molar-refractivity contribution in [1.29, 1.82) is 0 Å². The van der Waals surface area contributed by atoms with Gasteiger partial charge in [0.25, 0.3) is 5.69 Å². The molecular formula is C12H17N3O8S3. The zero-order chi connectivity index (χ0) is 20.1. The van der Waals surface area contributed by atoms with E-state index in [1.807, 2.05) is 0 Å². The zero-order valence-corrected chi connectivity index (χ0v) is 16.5. The van der Waals surface area contributed by atoms with Crippen molar-refractivity contribution in [3.8, 4) is 0 Å². The number of nitro benzene ring substituents is 1. The lowest BCUT2D eigenvalue weighted by atomic mass is 10.1. The van der Waals surface area contributed by atoms with Crippen LogP contribution in [0.2, 0.25) is 0 Å². The summed E-state index contributed by atoms with van der Waals surface area (Å²) in [5.41, 5.74) is -1.62. The van der Waals surface area contributed by atoms with E-state index in [1.165, 1.54) is 0 Å². The second-order valence-electron chi connectivity index (χ2n) is 5.96. The van der Waals surface area contributed by atoms with E-state index in [2.05, 4.69) is 4.72 Å². The maximum Gasteiger partial charge on any atom is 0.275 e. The second kappa shape index (κ2) is 6.44. The number of rotatable bonds is 7. The highest BCUT2D eigenvalue weighted by atomic mass is 32.3. The number of benzene rings is 1. The van der Waals surface area contributed by atoms with Gasteiger partial charge in [0.15, 0.2) is 0 Å². The van der Waals surface area contributed by atoms with Gasteiger partial charge in [-0.1, -0.05) is 0 Å². The summed E-state index contributed by atoms with van der Waals surface area (Å²) in [5.74, 6) is 0. The average molecular weight is 427 g/mol. The van der Waals surface area contributed by atoms with Crippen LogP contribution in [0.4, 0.5) is 11.4 Å². The highest BCUT2D eigenvalue weighted by molar-refractivity contribution is 8.09. The van der Waals surface area contributed by atoms with Crippen molar-refractivity contribution in [1.82, 2.24) is 4.72 Å². The van der Waals surface area contributed by atoms with Crippen molar-refractivity contribution in [2.24, 2.45) is 0 Å². The maximum absolute atomic E-state index is 12.4. The van der Waals surface area contributed by atoms with E-state index < -0.39 is 51.3 Å². The van der Waals surface area contributed by atoms with Crippen molar-refractivity contribution >= 4 is 41.4 Å². The minimum atomic E-state index is -4.41. The normalized spacial score (nSPS) is 15.7. The molecule has 0 aliphatic heterocycles. The largest absolute Gasteiger partial charge is 0.275 e. The molecule has 1 fully saturated rings. The number of nitrogens with one attached hydrogen (secondary N) is 1. The Morgan fingerprint density at radius 3 is 1.96 bits per heavy atom. The van der Waals surface area contributed by atoms with E-state index in [-0.39, 0.29) is 15.3 Å². The third kappa shape index (κ3) is 4.31. The second-order valence-corrected chi connectivity index (χ2v) is 11.6. The molecule has 1 saturated carbocycles. The fourth-order valence-electron chi connectivity index (χ4n) is 2.29. The predicted molar refractivity (Wildman–Crippen MR) is 93.3 cm³/mol. The number of anilines is 1. The Labute approximate surface area is 151 Å².